The van der Waals surface area contributed by atoms with Gasteiger partial charge in [0.05, 0.1) is 26.4 Å². The van der Waals surface area contributed by atoms with Crippen LogP contribution in [0.4, 0.5) is 4.39 Å². The lowest BCUT2D eigenvalue weighted by Gasteiger charge is -2.23. The van der Waals surface area contributed by atoms with Crippen LogP contribution in [-0.4, -0.2) is 70.6 Å². The predicted molar refractivity (Wildman–Crippen MR) is 100 cm³/mol. The number of likely N-dealkylation sites (tertiary alicyclic amines) is 1. The zero-order valence-electron chi connectivity index (χ0n) is 15.9. The molecule has 0 bridgehead atoms. The topological polar surface area (TPSA) is 55.3 Å². The smallest absolute Gasteiger partial charge is 0.193 e. The van der Waals surface area contributed by atoms with Crippen LogP contribution in [0, 0.1) is 11.7 Å². The number of aliphatic imine (C=N–C) groups is 1. The van der Waals surface area contributed by atoms with Gasteiger partial charge in [-0.3, -0.25) is 4.99 Å². The van der Waals surface area contributed by atoms with E-state index in [9.17, 15) is 4.39 Å². The second-order valence-corrected chi connectivity index (χ2v) is 6.48. The van der Waals surface area contributed by atoms with Crippen LogP contribution in [-0.2, 0) is 9.47 Å². The summed E-state index contributed by atoms with van der Waals surface area (Å²) in [5.41, 5.74) is 0. The minimum atomic E-state index is -0.297. The highest BCUT2D eigenvalue weighted by molar-refractivity contribution is 5.80. The second-order valence-electron chi connectivity index (χ2n) is 6.48. The first-order valence-electron chi connectivity index (χ1n) is 9.07. The highest BCUT2D eigenvalue weighted by Crippen LogP contribution is 2.17. The summed E-state index contributed by atoms with van der Waals surface area (Å²) in [4.78, 5) is 6.60. The van der Waals surface area contributed by atoms with E-state index in [4.69, 9.17) is 14.2 Å². The Morgan fingerprint density at radius 1 is 1.42 bits per heavy atom. The number of benzene rings is 1. The molecule has 6 nitrogen and oxygen atoms in total. The lowest BCUT2D eigenvalue weighted by Crippen LogP contribution is -2.43. The van der Waals surface area contributed by atoms with Crippen molar-refractivity contribution in [2.45, 2.75) is 19.4 Å². The van der Waals surface area contributed by atoms with Crippen LogP contribution in [0.3, 0.4) is 0 Å². The number of nitrogens with one attached hydrogen (secondary N) is 1. The SMILES string of the molecule is CN=C(NCC(C)Oc1cccc(F)c1)N1CCC(COCCOC)C1. The number of halogens is 1. The molecule has 0 aromatic heterocycles. The van der Waals surface area contributed by atoms with Crippen LogP contribution in [0.5, 0.6) is 5.75 Å². The maximum Gasteiger partial charge on any atom is 0.193 e. The Bertz CT molecular complexity index is 571. The molecule has 0 saturated carbocycles. The molecule has 1 aromatic rings. The fourth-order valence-corrected chi connectivity index (χ4v) is 2.93. The third-order valence-corrected chi connectivity index (χ3v) is 4.26. The summed E-state index contributed by atoms with van der Waals surface area (Å²) in [5, 5.41) is 3.34. The summed E-state index contributed by atoms with van der Waals surface area (Å²) in [7, 11) is 3.46. The average molecular weight is 367 g/mol. The fraction of sp³-hybridized carbons (Fsp3) is 0.632. The van der Waals surface area contributed by atoms with Gasteiger partial charge in [0.2, 0.25) is 0 Å². The van der Waals surface area contributed by atoms with E-state index in [-0.39, 0.29) is 11.9 Å². The van der Waals surface area contributed by atoms with Crippen molar-refractivity contribution in [1.82, 2.24) is 10.2 Å². The van der Waals surface area contributed by atoms with Crippen LogP contribution in [0.15, 0.2) is 29.3 Å². The third-order valence-electron chi connectivity index (χ3n) is 4.26. The lowest BCUT2D eigenvalue weighted by molar-refractivity contribution is 0.0536. The molecule has 0 amide bonds. The van der Waals surface area contributed by atoms with Gasteiger partial charge in [-0.05, 0) is 25.5 Å². The molecular weight excluding hydrogens is 337 g/mol. The molecule has 1 fully saturated rings. The number of hydrogen-bond donors (Lipinski definition) is 1. The first kappa shape index (κ1) is 20.5. The Morgan fingerprint density at radius 2 is 2.27 bits per heavy atom. The molecule has 1 aliphatic rings. The molecule has 1 heterocycles. The Balaban J connectivity index is 1.72. The number of rotatable bonds is 9. The van der Waals surface area contributed by atoms with Gasteiger partial charge in [0.15, 0.2) is 5.96 Å². The number of hydrogen-bond acceptors (Lipinski definition) is 4. The van der Waals surface area contributed by atoms with Crippen LogP contribution >= 0.6 is 0 Å². The average Bonchev–Trinajstić information content (AvgIpc) is 3.08. The maximum atomic E-state index is 13.2. The van der Waals surface area contributed by atoms with E-state index < -0.39 is 0 Å². The monoisotopic (exact) mass is 367 g/mol. The normalized spacial score (nSPS) is 18.8. The third kappa shape index (κ3) is 6.80. The zero-order chi connectivity index (χ0) is 18.8. The molecule has 26 heavy (non-hydrogen) atoms. The van der Waals surface area contributed by atoms with Gasteiger partial charge in [0, 0.05) is 39.2 Å². The van der Waals surface area contributed by atoms with Gasteiger partial charge in [0.1, 0.15) is 17.7 Å². The first-order chi connectivity index (χ1) is 12.6. The van der Waals surface area contributed by atoms with E-state index in [2.05, 4.69) is 15.2 Å². The summed E-state index contributed by atoms with van der Waals surface area (Å²) in [6.07, 6.45) is 0.979. The van der Waals surface area contributed by atoms with E-state index >= 15 is 0 Å². The maximum absolute atomic E-state index is 13.2. The molecule has 2 atom stereocenters. The van der Waals surface area contributed by atoms with Gasteiger partial charge in [-0.15, -0.1) is 0 Å². The summed E-state index contributed by atoms with van der Waals surface area (Å²) in [5.74, 6) is 1.60. The highest BCUT2D eigenvalue weighted by atomic mass is 19.1. The van der Waals surface area contributed by atoms with Crippen molar-refractivity contribution in [3.05, 3.63) is 30.1 Å². The largest absolute Gasteiger partial charge is 0.489 e. The summed E-state index contributed by atoms with van der Waals surface area (Å²) in [6, 6.07) is 6.19. The van der Waals surface area contributed by atoms with Crippen molar-refractivity contribution in [3.63, 3.8) is 0 Å². The molecule has 1 aliphatic heterocycles. The predicted octanol–water partition coefficient (Wildman–Crippen LogP) is 2.15. The summed E-state index contributed by atoms with van der Waals surface area (Å²) < 4.78 is 29.6. The van der Waals surface area contributed by atoms with Crippen molar-refractivity contribution >= 4 is 5.96 Å². The van der Waals surface area contributed by atoms with Gasteiger partial charge in [-0.1, -0.05) is 6.07 Å². The molecule has 1 aromatic carbocycles. The van der Waals surface area contributed by atoms with Crippen molar-refractivity contribution in [2.75, 3.05) is 53.6 Å². The molecule has 2 unspecified atom stereocenters. The van der Waals surface area contributed by atoms with E-state index in [0.29, 0.717) is 31.4 Å². The second kappa shape index (κ2) is 11.0. The van der Waals surface area contributed by atoms with Crippen LogP contribution in [0.25, 0.3) is 0 Å². The summed E-state index contributed by atoms with van der Waals surface area (Å²) >= 11 is 0. The Labute approximate surface area is 155 Å². The van der Waals surface area contributed by atoms with E-state index in [1.165, 1.54) is 12.1 Å². The van der Waals surface area contributed by atoms with Crippen LogP contribution in [0.2, 0.25) is 0 Å². The Morgan fingerprint density at radius 3 is 3.00 bits per heavy atom. The number of nitrogens with zero attached hydrogens (tertiary/aromatic N) is 2. The molecule has 1 saturated heterocycles. The summed E-state index contributed by atoms with van der Waals surface area (Å²) in [6.45, 7) is 6.42. The molecule has 0 aliphatic carbocycles. The first-order valence-corrected chi connectivity index (χ1v) is 9.07. The molecule has 0 spiro atoms. The van der Waals surface area contributed by atoms with E-state index in [1.54, 1.807) is 26.3 Å². The van der Waals surface area contributed by atoms with Gasteiger partial charge < -0.3 is 24.4 Å². The zero-order valence-corrected chi connectivity index (χ0v) is 15.9. The Kier molecular flexibility index (Phi) is 8.64. The fourth-order valence-electron chi connectivity index (χ4n) is 2.93. The van der Waals surface area contributed by atoms with Gasteiger partial charge in [0.25, 0.3) is 0 Å². The standard InChI is InChI=1S/C19H30FN3O3/c1-15(26-18-6-4-5-17(20)11-18)12-22-19(21-2)23-8-7-16(13-23)14-25-10-9-24-3/h4-6,11,15-16H,7-10,12-14H2,1-3H3,(H,21,22). The minimum absolute atomic E-state index is 0.107. The number of methoxy groups -OCH3 is 1. The van der Waals surface area contributed by atoms with E-state index in [1.807, 2.05) is 6.92 Å². The highest BCUT2D eigenvalue weighted by Gasteiger charge is 2.25. The van der Waals surface area contributed by atoms with Gasteiger partial charge in [-0.2, -0.15) is 0 Å². The van der Waals surface area contributed by atoms with Crippen LogP contribution in [0.1, 0.15) is 13.3 Å². The quantitative estimate of drug-likeness (QED) is 0.412. The number of ether oxygens (including phenoxy) is 3. The van der Waals surface area contributed by atoms with Crippen LogP contribution < -0.4 is 10.1 Å². The molecule has 146 valence electrons. The van der Waals surface area contributed by atoms with Crippen molar-refractivity contribution in [2.24, 2.45) is 10.9 Å². The van der Waals surface area contributed by atoms with Crippen molar-refractivity contribution in [3.8, 4) is 5.75 Å². The number of guanidine groups is 1. The van der Waals surface area contributed by atoms with E-state index in [0.717, 1.165) is 32.1 Å². The molecule has 2 rings (SSSR count). The lowest BCUT2D eigenvalue weighted by atomic mass is 10.1. The molecule has 7 heteroatoms. The molecular formula is C19H30FN3O3. The van der Waals surface area contributed by atoms with Crippen molar-refractivity contribution in [1.29, 1.82) is 0 Å². The van der Waals surface area contributed by atoms with Gasteiger partial charge >= 0.3 is 0 Å². The molecule has 1 N–H and O–H groups in total. The van der Waals surface area contributed by atoms with Crippen molar-refractivity contribution < 1.29 is 18.6 Å². The molecule has 0 radical (unpaired) electrons. The minimum Gasteiger partial charge on any atom is -0.489 e. The van der Waals surface area contributed by atoms with Gasteiger partial charge in [-0.25, -0.2) is 4.39 Å². The Hall–Kier alpha value is -1.86.